The zero-order chi connectivity index (χ0) is 59.8. The average molecular weight is 1190 g/mol. The van der Waals surface area contributed by atoms with Crippen LogP contribution in [0.5, 0.6) is 0 Å². The van der Waals surface area contributed by atoms with Crippen molar-refractivity contribution in [3.63, 3.8) is 0 Å². The van der Waals surface area contributed by atoms with Gasteiger partial charge in [0.25, 0.3) is 0 Å². The van der Waals surface area contributed by atoms with Gasteiger partial charge in [0.15, 0.2) is 0 Å². The molecule has 0 bridgehead atoms. The molecule has 0 atom stereocenters. The maximum absolute atomic E-state index is 9.62. The summed E-state index contributed by atoms with van der Waals surface area (Å²) < 4.78 is 68.9. The molecule has 386 valence electrons. The third-order valence-electron chi connectivity index (χ3n) is 13.3. The van der Waals surface area contributed by atoms with Crippen molar-refractivity contribution >= 4 is 66.7 Å². The topological polar surface area (TPSA) is 53.3 Å². The number of imidazole rings is 1. The van der Waals surface area contributed by atoms with E-state index >= 15 is 0 Å². The molecule has 0 aliphatic rings. The van der Waals surface area contributed by atoms with E-state index in [0.717, 1.165) is 94.5 Å². The number of aromatic nitrogens is 2. The number of para-hydroxylation sites is 2. The standard InChI is InChI=1S/C39H39N2.C33H29NO.Ir/c1-8-9-11-16-28(6)35-23-31(22-21-29(35)7)39-40-36-19-14-15-20-37(36)41(39)38-33(26(2)3)24-32(25-34(38)27(4)5)30-17-12-10-13-18-30;1-22(20-26(18-19-34)24-14-12-23(13-15-24)21-33(2,3)4)27-10-7-11-29-30-17-16-25-8-5-6-9-28(25)32(30)35-31(27)29;/h8-21,23-27H,6H2,1-5,7H3;5-9,11-20H,21H2,1-4H3;/q-1;-2;+3/b9-8-,16-11-;22-20+,26-18+;/i7D3,26D,27D;21D2;. The van der Waals surface area contributed by atoms with E-state index in [1.54, 1.807) is 18.2 Å². The molecule has 77 heavy (non-hydrogen) atoms. The van der Waals surface area contributed by atoms with Crippen molar-refractivity contribution in [2.45, 2.75) is 87.3 Å². The molecule has 0 saturated carbocycles. The summed E-state index contributed by atoms with van der Waals surface area (Å²) in [5.41, 5.74) is 12.7. The van der Waals surface area contributed by atoms with Crippen molar-refractivity contribution in [3.05, 3.63) is 251 Å². The summed E-state index contributed by atoms with van der Waals surface area (Å²) in [7, 11) is 0. The molecule has 0 amide bonds. The van der Waals surface area contributed by atoms with Gasteiger partial charge < -0.3 is 14.4 Å². The van der Waals surface area contributed by atoms with Gasteiger partial charge in [0.2, 0.25) is 0 Å². The molecule has 10 aromatic rings. The summed E-state index contributed by atoms with van der Waals surface area (Å²) >= 11 is 0. The zero-order valence-electron chi connectivity index (χ0n) is 52.3. The molecule has 8 aromatic carbocycles. The summed E-state index contributed by atoms with van der Waals surface area (Å²) in [5.74, 6) is -1.56. The van der Waals surface area contributed by atoms with E-state index < -0.39 is 30.4 Å². The second-order valence-corrected chi connectivity index (χ2v) is 20.5. The molecule has 0 unspecified atom stereocenters. The number of allylic oxidation sites excluding steroid dienone is 9. The molecule has 0 N–H and O–H groups in total. The smallest absolute Gasteiger partial charge is 0.811 e. The normalized spacial score (nSPS) is 14.3. The Labute approximate surface area is 480 Å². The Kier molecular flexibility index (Phi) is 14.6. The Morgan fingerprint density at radius 1 is 0.805 bits per heavy atom. The Morgan fingerprint density at radius 3 is 2.18 bits per heavy atom. The van der Waals surface area contributed by atoms with Gasteiger partial charge in [0.1, 0.15) is 5.58 Å². The number of nitrogens with zero attached hydrogens (tertiary/aromatic N) is 3. The van der Waals surface area contributed by atoms with Crippen LogP contribution in [0.15, 0.2) is 199 Å². The van der Waals surface area contributed by atoms with Crippen molar-refractivity contribution in [2.24, 2.45) is 5.41 Å². The van der Waals surface area contributed by atoms with E-state index in [1.807, 2.05) is 206 Å². The van der Waals surface area contributed by atoms with Gasteiger partial charge in [-0.05, 0) is 105 Å². The Morgan fingerprint density at radius 2 is 1.49 bits per heavy atom. The van der Waals surface area contributed by atoms with Gasteiger partial charge in [-0.15, -0.1) is 58.7 Å². The molecule has 4 nitrogen and oxygen atoms in total. The number of furan rings is 1. The molecule has 0 saturated heterocycles. The van der Waals surface area contributed by atoms with Crippen LogP contribution in [0.1, 0.15) is 123 Å². The van der Waals surface area contributed by atoms with Crippen LogP contribution in [0.25, 0.3) is 94.1 Å². The first-order chi connectivity index (χ1) is 39.2. The summed E-state index contributed by atoms with van der Waals surface area (Å²) in [6.07, 6.45) is 10.6. The average Bonchev–Trinajstić information content (AvgIpc) is 2.20. The first-order valence-electron chi connectivity index (χ1n) is 29.2. The fourth-order valence-electron chi connectivity index (χ4n) is 9.68. The molecule has 10 rings (SSSR count). The van der Waals surface area contributed by atoms with E-state index in [4.69, 9.17) is 16.3 Å². The molecule has 2 aromatic heterocycles. The molecule has 0 aliphatic carbocycles. The second kappa shape index (κ2) is 24.1. The van der Waals surface area contributed by atoms with E-state index in [1.165, 1.54) is 6.07 Å². The predicted molar refractivity (Wildman–Crippen MR) is 327 cm³/mol. The minimum Gasteiger partial charge on any atom is -0.811 e. The number of benzene rings is 8. The first-order valence-corrected chi connectivity index (χ1v) is 25.7. The number of hydrogen-bond donors (Lipinski definition) is 0. The minimum absolute atomic E-state index is 0. The largest absolute Gasteiger partial charge is 3.00 e. The van der Waals surface area contributed by atoms with Gasteiger partial charge in [-0.3, -0.25) is 4.98 Å². The van der Waals surface area contributed by atoms with Crippen LogP contribution in [-0.2, 0) is 26.5 Å². The summed E-state index contributed by atoms with van der Waals surface area (Å²) in [5, 5.41) is 13.9. The molecule has 0 aliphatic heterocycles. The molecule has 0 fully saturated rings. The van der Waals surface area contributed by atoms with Crippen LogP contribution in [0.2, 0.25) is 0 Å². The van der Waals surface area contributed by atoms with Gasteiger partial charge in [0.05, 0.1) is 16.9 Å². The molecular weight excluding hydrogens is 1120 g/mol. The Bertz CT molecular complexity index is 4180. The number of hydrogen-bond acceptors (Lipinski definition) is 2. The van der Waals surface area contributed by atoms with Crippen LogP contribution >= 0.6 is 0 Å². The molecule has 0 spiro atoms. The van der Waals surface area contributed by atoms with E-state index in [9.17, 15) is 8.15 Å². The van der Waals surface area contributed by atoms with Crippen LogP contribution in [-0.4, -0.2) is 15.8 Å². The van der Waals surface area contributed by atoms with Crippen molar-refractivity contribution in [2.75, 3.05) is 0 Å². The van der Waals surface area contributed by atoms with Gasteiger partial charge in [0, 0.05) is 31.6 Å². The number of aryl methyl sites for hydroxylation is 1. The number of fused-ring (bicyclic) bond motifs is 6. The van der Waals surface area contributed by atoms with Crippen molar-refractivity contribution < 1.29 is 34.1 Å². The summed E-state index contributed by atoms with van der Waals surface area (Å²) in [4.78, 5) is 5.06. The molecular formula is C72H68IrN3O. The predicted octanol–water partition coefficient (Wildman–Crippen LogP) is 20.1. The van der Waals surface area contributed by atoms with E-state index in [0.29, 0.717) is 33.8 Å². The molecule has 0 radical (unpaired) electrons. The quantitative estimate of drug-likeness (QED) is 0.0656. The number of rotatable bonds is 13. The maximum atomic E-state index is 9.62. The molecule has 5 heteroatoms. The maximum Gasteiger partial charge on any atom is 3.00 e. The Hall–Kier alpha value is -7.69. The van der Waals surface area contributed by atoms with E-state index in [-0.39, 0.29) is 25.7 Å². The van der Waals surface area contributed by atoms with E-state index in [2.05, 4.69) is 43.0 Å². The van der Waals surface area contributed by atoms with Gasteiger partial charge >= 0.3 is 20.1 Å². The minimum atomic E-state index is -2.38. The Balaban J connectivity index is 0.000000221. The van der Waals surface area contributed by atoms with Gasteiger partial charge in [-0.1, -0.05) is 219 Å². The van der Waals surface area contributed by atoms with Gasteiger partial charge in [-0.25, -0.2) is 0 Å². The molecule has 2 heterocycles. The summed E-state index contributed by atoms with van der Waals surface area (Å²) in [6, 6.07) is 55.6. The first kappa shape index (κ1) is 46.6. The van der Waals surface area contributed by atoms with Crippen molar-refractivity contribution in [3.8, 4) is 28.2 Å². The van der Waals surface area contributed by atoms with Crippen molar-refractivity contribution in [1.82, 2.24) is 9.55 Å². The van der Waals surface area contributed by atoms with Crippen LogP contribution < -0.4 is 0 Å². The third-order valence-corrected chi connectivity index (χ3v) is 13.3. The van der Waals surface area contributed by atoms with Gasteiger partial charge in [-0.2, -0.15) is 6.21 Å². The monoisotopic (exact) mass is 1190 g/mol. The van der Waals surface area contributed by atoms with Crippen LogP contribution in [0, 0.1) is 24.4 Å². The van der Waals surface area contributed by atoms with Crippen LogP contribution in [0.4, 0.5) is 0 Å². The second-order valence-electron chi connectivity index (χ2n) is 20.5. The van der Waals surface area contributed by atoms with Crippen LogP contribution in [0.3, 0.4) is 0 Å². The summed E-state index contributed by atoms with van der Waals surface area (Å²) in [6.45, 7) is 18.9. The fourth-order valence-corrected chi connectivity index (χ4v) is 9.68. The van der Waals surface area contributed by atoms with Crippen molar-refractivity contribution in [1.29, 1.82) is 0 Å². The fraction of sp³-hybridized carbons (Fsp3) is 0.194. The zero-order valence-corrected chi connectivity index (χ0v) is 47.7. The SMILES string of the molecule is [2H]C([2H])([2H])c1c[c-]c(-c2nc3ccccc3n2-c2c(C([2H])(C)C)cc(-c3ccccc3)cc2C([2H])(C)C)cc1C(=C)/C=C\C=C/C.[2H]C([2H])(c1ccc(C(=C/C=[N-])/C=C(\C)c2[c-]ccc3c2oc2c4ccccc4ccc32)cc1)C(C)(C)C.[Ir+3]. The third kappa shape index (κ3) is 12.1.